The Morgan fingerprint density at radius 2 is 2.10 bits per heavy atom. The maximum atomic E-state index is 13.3. The molecule has 1 aromatic carbocycles. The smallest absolute Gasteiger partial charge is 0.331 e. The zero-order valence-corrected chi connectivity index (χ0v) is 13.1. The molecule has 2 rings (SSSR count). The van der Waals surface area contributed by atoms with Crippen LogP contribution in [-0.2, 0) is 10.3 Å². The summed E-state index contributed by atoms with van der Waals surface area (Å²) in [5.74, 6) is -1.11. The minimum Gasteiger partial charge on any atom is -0.479 e. The van der Waals surface area contributed by atoms with Crippen molar-refractivity contribution in [1.29, 1.82) is 0 Å². The number of halogens is 2. The molecule has 0 aliphatic carbocycles. The van der Waals surface area contributed by atoms with Crippen LogP contribution in [0.15, 0.2) is 22.7 Å². The summed E-state index contributed by atoms with van der Waals surface area (Å²) in [6.07, 6.45) is 0.665. The van der Waals surface area contributed by atoms with Gasteiger partial charge in [-0.15, -0.1) is 5.10 Å². The zero-order valence-electron chi connectivity index (χ0n) is 11.5. The maximum absolute atomic E-state index is 13.3. The van der Waals surface area contributed by atoms with Gasteiger partial charge in [0.15, 0.2) is 11.4 Å². The Kier molecular flexibility index (Phi) is 4.36. The lowest BCUT2D eigenvalue weighted by Gasteiger charge is -2.27. The number of carboxylic acid groups (broad SMARTS) is 1. The predicted molar refractivity (Wildman–Crippen MR) is 77.1 cm³/mol. The highest BCUT2D eigenvalue weighted by atomic mass is 79.9. The van der Waals surface area contributed by atoms with Crippen LogP contribution in [0.25, 0.3) is 11.4 Å². The van der Waals surface area contributed by atoms with Gasteiger partial charge in [-0.1, -0.05) is 13.8 Å². The predicted octanol–water partition coefficient (Wildman–Crippen LogP) is 2.84. The average molecular weight is 357 g/mol. The highest BCUT2D eigenvalue weighted by molar-refractivity contribution is 9.10. The molecule has 0 radical (unpaired) electrons. The van der Waals surface area contributed by atoms with Crippen LogP contribution in [0.1, 0.15) is 26.7 Å². The number of tetrazole rings is 1. The molecule has 0 aliphatic heterocycles. The molecule has 0 bridgehead atoms. The van der Waals surface area contributed by atoms with E-state index in [4.69, 9.17) is 0 Å². The van der Waals surface area contributed by atoms with Crippen LogP contribution in [0.2, 0.25) is 0 Å². The first kappa shape index (κ1) is 15.6. The molecular formula is C13H14BrFN4O2. The van der Waals surface area contributed by atoms with Gasteiger partial charge < -0.3 is 5.11 Å². The van der Waals surface area contributed by atoms with E-state index < -0.39 is 17.3 Å². The quantitative estimate of drug-likeness (QED) is 0.890. The van der Waals surface area contributed by atoms with E-state index >= 15 is 0 Å². The second kappa shape index (κ2) is 5.88. The van der Waals surface area contributed by atoms with E-state index in [2.05, 4.69) is 31.5 Å². The van der Waals surface area contributed by atoms with Crippen LogP contribution in [0.3, 0.4) is 0 Å². The molecule has 1 aromatic heterocycles. The first-order valence-corrected chi connectivity index (χ1v) is 7.23. The Morgan fingerprint density at radius 1 is 1.43 bits per heavy atom. The lowest BCUT2D eigenvalue weighted by atomic mass is 9.92. The van der Waals surface area contributed by atoms with Crippen molar-refractivity contribution >= 4 is 21.9 Å². The van der Waals surface area contributed by atoms with Gasteiger partial charge in [0.25, 0.3) is 0 Å². The van der Waals surface area contributed by atoms with Crippen molar-refractivity contribution in [2.24, 2.45) is 0 Å². The number of aromatic nitrogens is 4. The SMILES string of the molecule is CCC(CC)(C(=O)O)n1nnnc1-c1ccc(F)c(Br)c1. The molecule has 0 spiro atoms. The number of rotatable bonds is 5. The molecule has 0 aliphatic rings. The number of benzene rings is 1. The van der Waals surface area contributed by atoms with Crippen LogP contribution < -0.4 is 0 Å². The highest BCUT2D eigenvalue weighted by Crippen LogP contribution is 2.31. The van der Waals surface area contributed by atoms with Gasteiger partial charge in [0.2, 0.25) is 0 Å². The Labute approximate surface area is 129 Å². The summed E-state index contributed by atoms with van der Waals surface area (Å²) in [5.41, 5.74) is -0.680. The zero-order chi connectivity index (χ0) is 15.6. The number of carbonyl (C=O) groups is 1. The van der Waals surface area contributed by atoms with Crippen molar-refractivity contribution < 1.29 is 14.3 Å². The minimum atomic E-state index is -1.22. The molecule has 0 amide bonds. The number of aliphatic carboxylic acids is 1. The van der Waals surface area contributed by atoms with Gasteiger partial charge in [0, 0.05) is 5.56 Å². The van der Waals surface area contributed by atoms with Crippen molar-refractivity contribution in [3.05, 3.63) is 28.5 Å². The van der Waals surface area contributed by atoms with E-state index in [0.717, 1.165) is 0 Å². The first-order chi connectivity index (χ1) is 9.96. The fourth-order valence-corrected chi connectivity index (χ4v) is 2.61. The molecule has 112 valence electrons. The topological polar surface area (TPSA) is 80.9 Å². The Bertz CT molecular complexity index is 670. The average Bonchev–Trinajstić information content (AvgIpc) is 2.93. The Morgan fingerprint density at radius 3 is 2.62 bits per heavy atom. The van der Waals surface area contributed by atoms with E-state index in [0.29, 0.717) is 24.2 Å². The van der Waals surface area contributed by atoms with Gasteiger partial charge in [0.05, 0.1) is 4.47 Å². The number of carboxylic acids is 1. The van der Waals surface area contributed by atoms with Crippen molar-refractivity contribution in [2.45, 2.75) is 32.2 Å². The molecule has 8 heteroatoms. The summed E-state index contributed by atoms with van der Waals surface area (Å²) in [5, 5.41) is 20.9. The van der Waals surface area contributed by atoms with Gasteiger partial charge in [0.1, 0.15) is 5.82 Å². The van der Waals surface area contributed by atoms with Crippen LogP contribution >= 0.6 is 15.9 Å². The lowest BCUT2D eigenvalue weighted by molar-refractivity contribution is -0.148. The molecule has 1 N–H and O–H groups in total. The molecule has 6 nitrogen and oxygen atoms in total. The van der Waals surface area contributed by atoms with Crippen molar-refractivity contribution in [3.8, 4) is 11.4 Å². The van der Waals surface area contributed by atoms with Crippen LogP contribution in [0, 0.1) is 5.82 Å². The summed E-state index contributed by atoms with van der Waals surface area (Å²) < 4.78 is 14.9. The third-order valence-electron chi connectivity index (χ3n) is 3.62. The summed E-state index contributed by atoms with van der Waals surface area (Å²) >= 11 is 3.10. The monoisotopic (exact) mass is 356 g/mol. The third-order valence-corrected chi connectivity index (χ3v) is 4.23. The van der Waals surface area contributed by atoms with Gasteiger partial charge in [-0.3, -0.25) is 0 Å². The van der Waals surface area contributed by atoms with E-state index in [9.17, 15) is 14.3 Å². The number of nitrogens with zero attached hydrogens (tertiary/aromatic N) is 4. The van der Waals surface area contributed by atoms with E-state index in [1.54, 1.807) is 13.8 Å². The van der Waals surface area contributed by atoms with Gasteiger partial charge in [-0.2, -0.15) is 0 Å². The largest absolute Gasteiger partial charge is 0.479 e. The third kappa shape index (κ3) is 2.55. The van der Waals surface area contributed by atoms with Crippen LogP contribution in [0.4, 0.5) is 4.39 Å². The Balaban J connectivity index is 2.61. The highest BCUT2D eigenvalue weighted by Gasteiger charge is 2.40. The van der Waals surface area contributed by atoms with Crippen LogP contribution in [-0.4, -0.2) is 31.3 Å². The van der Waals surface area contributed by atoms with Gasteiger partial charge in [-0.25, -0.2) is 13.9 Å². The summed E-state index contributed by atoms with van der Waals surface area (Å²) in [6, 6.07) is 4.31. The van der Waals surface area contributed by atoms with Crippen LogP contribution in [0.5, 0.6) is 0 Å². The molecule has 0 atom stereocenters. The summed E-state index contributed by atoms with van der Waals surface area (Å²) in [4.78, 5) is 11.7. The fourth-order valence-electron chi connectivity index (χ4n) is 2.23. The first-order valence-electron chi connectivity index (χ1n) is 6.44. The van der Waals surface area contributed by atoms with Crippen molar-refractivity contribution in [2.75, 3.05) is 0 Å². The molecule has 0 unspecified atom stereocenters. The maximum Gasteiger partial charge on any atom is 0.331 e. The second-order valence-corrected chi connectivity index (χ2v) is 5.44. The number of hydrogen-bond acceptors (Lipinski definition) is 4. The van der Waals surface area contributed by atoms with Gasteiger partial charge in [-0.05, 0) is 57.4 Å². The van der Waals surface area contributed by atoms with Crippen molar-refractivity contribution in [1.82, 2.24) is 20.2 Å². The van der Waals surface area contributed by atoms with E-state index in [1.165, 1.54) is 22.9 Å². The second-order valence-electron chi connectivity index (χ2n) is 4.59. The molecule has 2 aromatic rings. The molecule has 21 heavy (non-hydrogen) atoms. The standard InChI is InChI=1S/C13H14BrFN4O2/c1-3-13(4-2,12(20)21)19-11(16-17-18-19)8-5-6-10(15)9(14)7-8/h5-7H,3-4H2,1-2H3,(H,20,21). The Hall–Kier alpha value is -1.83. The summed E-state index contributed by atoms with van der Waals surface area (Å²) in [6.45, 7) is 3.54. The number of hydrogen-bond donors (Lipinski definition) is 1. The normalized spacial score (nSPS) is 11.6. The molecule has 0 saturated heterocycles. The van der Waals surface area contributed by atoms with Crippen molar-refractivity contribution in [3.63, 3.8) is 0 Å². The molecule has 0 fully saturated rings. The van der Waals surface area contributed by atoms with E-state index in [1.807, 2.05) is 0 Å². The fraction of sp³-hybridized carbons (Fsp3) is 0.385. The minimum absolute atomic E-state index is 0.267. The molecular weight excluding hydrogens is 343 g/mol. The molecule has 1 heterocycles. The van der Waals surface area contributed by atoms with Gasteiger partial charge >= 0.3 is 5.97 Å². The summed E-state index contributed by atoms with van der Waals surface area (Å²) in [7, 11) is 0. The van der Waals surface area contributed by atoms with E-state index in [-0.39, 0.29) is 4.47 Å². The molecule has 0 saturated carbocycles. The lowest BCUT2D eigenvalue weighted by Crippen LogP contribution is -2.42.